The maximum absolute atomic E-state index is 12.4. The summed E-state index contributed by atoms with van der Waals surface area (Å²) in [5, 5.41) is 12.4. The fourth-order valence-corrected chi connectivity index (χ4v) is 2.81. The third kappa shape index (κ3) is 3.38. The van der Waals surface area contributed by atoms with Crippen LogP contribution in [0.1, 0.15) is 45.2 Å². The minimum atomic E-state index is -0.790. The fourth-order valence-electron chi connectivity index (χ4n) is 2.64. The summed E-state index contributed by atoms with van der Waals surface area (Å²) in [6.07, 6.45) is 5.11. The van der Waals surface area contributed by atoms with Crippen molar-refractivity contribution in [3.05, 3.63) is 23.2 Å². The van der Waals surface area contributed by atoms with Crippen molar-refractivity contribution < 1.29 is 14.7 Å². The molecule has 120 valence electrons. The number of aromatic nitrogens is 2. The Hall–Kier alpha value is -1.69. The average Bonchev–Trinajstić information content (AvgIpc) is 2.49. The number of aliphatic carboxylic acids is 1. The molecule has 1 saturated carbocycles. The number of hydrogen-bond acceptors (Lipinski definition) is 4. The van der Waals surface area contributed by atoms with Gasteiger partial charge in [0.2, 0.25) is 5.91 Å². The van der Waals surface area contributed by atoms with Crippen LogP contribution in [0.5, 0.6) is 0 Å². The number of rotatable bonds is 4. The summed E-state index contributed by atoms with van der Waals surface area (Å²) < 4.78 is 0. The zero-order valence-corrected chi connectivity index (χ0v) is 13.5. The lowest BCUT2D eigenvalue weighted by atomic mass is 9.65. The van der Waals surface area contributed by atoms with Crippen molar-refractivity contribution in [1.82, 2.24) is 15.3 Å². The number of amides is 1. The topological polar surface area (TPSA) is 92.2 Å². The van der Waals surface area contributed by atoms with Gasteiger partial charge in [0.15, 0.2) is 5.15 Å². The Morgan fingerprint density at radius 3 is 2.27 bits per heavy atom. The van der Waals surface area contributed by atoms with E-state index in [9.17, 15) is 14.7 Å². The van der Waals surface area contributed by atoms with Crippen LogP contribution in [0.25, 0.3) is 0 Å². The monoisotopic (exact) mass is 325 g/mol. The number of halogens is 1. The molecule has 6 nitrogen and oxygen atoms in total. The van der Waals surface area contributed by atoms with Gasteiger partial charge < -0.3 is 10.4 Å². The Kier molecular flexibility index (Phi) is 4.70. The summed E-state index contributed by atoms with van der Waals surface area (Å²) in [6.45, 7) is 3.84. The lowest BCUT2D eigenvalue weighted by molar-refractivity contribution is -0.153. The van der Waals surface area contributed by atoms with E-state index in [2.05, 4.69) is 15.3 Å². The molecule has 0 unspecified atom stereocenters. The summed E-state index contributed by atoms with van der Waals surface area (Å²) in [5.74, 6) is -0.886. The number of nitrogens with zero attached hydrogens (tertiary/aromatic N) is 2. The van der Waals surface area contributed by atoms with Crippen molar-refractivity contribution in [2.24, 2.45) is 10.8 Å². The molecular formula is C15H20ClN3O3. The van der Waals surface area contributed by atoms with Crippen molar-refractivity contribution in [3.8, 4) is 0 Å². The van der Waals surface area contributed by atoms with Crippen LogP contribution in [0.4, 0.5) is 0 Å². The fraction of sp³-hybridized carbons (Fsp3) is 0.600. The highest BCUT2D eigenvalue weighted by molar-refractivity contribution is 6.29. The van der Waals surface area contributed by atoms with Crippen LogP contribution in [-0.2, 0) is 16.1 Å². The Morgan fingerprint density at radius 1 is 1.18 bits per heavy atom. The van der Waals surface area contributed by atoms with E-state index in [0.29, 0.717) is 31.4 Å². The summed E-state index contributed by atoms with van der Waals surface area (Å²) in [5.41, 5.74) is -0.759. The van der Waals surface area contributed by atoms with Gasteiger partial charge in [-0.15, -0.1) is 0 Å². The van der Waals surface area contributed by atoms with Crippen LogP contribution in [0.3, 0.4) is 0 Å². The molecule has 1 amide bonds. The maximum atomic E-state index is 12.4. The first-order valence-corrected chi connectivity index (χ1v) is 7.62. The molecule has 1 aliphatic rings. The zero-order chi connectivity index (χ0) is 16.4. The van der Waals surface area contributed by atoms with Crippen LogP contribution >= 0.6 is 11.6 Å². The second-order valence-electron chi connectivity index (χ2n) is 6.40. The highest BCUT2D eigenvalue weighted by Crippen LogP contribution is 2.45. The minimum absolute atomic E-state index is 0.0957. The quantitative estimate of drug-likeness (QED) is 0.887. The molecule has 0 saturated heterocycles. The maximum Gasteiger partial charge on any atom is 0.309 e. The number of nitrogens with one attached hydrogen (secondary N) is 1. The smallest absolute Gasteiger partial charge is 0.309 e. The summed E-state index contributed by atoms with van der Waals surface area (Å²) >= 11 is 5.91. The van der Waals surface area contributed by atoms with Gasteiger partial charge in [0.25, 0.3) is 0 Å². The molecule has 7 heteroatoms. The number of hydrogen-bond donors (Lipinski definition) is 2. The molecule has 0 radical (unpaired) electrons. The third-order valence-corrected chi connectivity index (χ3v) is 4.98. The molecule has 0 atom stereocenters. The molecular weight excluding hydrogens is 306 g/mol. The zero-order valence-electron chi connectivity index (χ0n) is 12.7. The molecule has 1 aromatic heterocycles. The van der Waals surface area contributed by atoms with E-state index in [1.807, 2.05) is 6.92 Å². The largest absolute Gasteiger partial charge is 0.481 e. The number of carboxylic acids is 1. The van der Waals surface area contributed by atoms with E-state index in [1.54, 1.807) is 6.92 Å². The van der Waals surface area contributed by atoms with Crippen LogP contribution in [0.2, 0.25) is 5.15 Å². The predicted molar refractivity (Wildman–Crippen MR) is 81.2 cm³/mol. The number of carbonyl (C=O) groups excluding carboxylic acids is 1. The van der Waals surface area contributed by atoms with Crippen LogP contribution < -0.4 is 5.32 Å². The lowest BCUT2D eigenvalue weighted by Gasteiger charge is -2.39. The highest BCUT2D eigenvalue weighted by atomic mass is 35.5. The molecule has 1 aliphatic carbocycles. The Labute approximate surface area is 134 Å². The Balaban J connectivity index is 1.96. The second kappa shape index (κ2) is 6.20. The van der Waals surface area contributed by atoms with Gasteiger partial charge in [0.05, 0.1) is 17.7 Å². The van der Waals surface area contributed by atoms with Crippen LogP contribution in [0, 0.1) is 10.8 Å². The Bertz CT molecular complexity index is 583. The standard InChI is InChI=1S/C15H20ClN3O3/c1-14(3-5-15(2,6-4-14)13(21)22)12(20)19-9-10-11(16)18-8-7-17-10/h7-8H,3-6,9H2,1-2H3,(H,19,20)(H,21,22). The molecule has 0 aromatic carbocycles. The lowest BCUT2D eigenvalue weighted by Crippen LogP contribution is -2.44. The van der Waals surface area contributed by atoms with Crippen molar-refractivity contribution in [1.29, 1.82) is 0 Å². The first kappa shape index (κ1) is 16.7. The van der Waals surface area contributed by atoms with Crippen molar-refractivity contribution >= 4 is 23.5 Å². The van der Waals surface area contributed by atoms with E-state index >= 15 is 0 Å². The van der Waals surface area contributed by atoms with Gasteiger partial charge >= 0.3 is 5.97 Å². The molecule has 2 N–H and O–H groups in total. The summed E-state index contributed by atoms with van der Waals surface area (Å²) in [4.78, 5) is 31.7. The molecule has 0 spiro atoms. The first-order valence-electron chi connectivity index (χ1n) is 7.24. The van der Waals surface area contributed by atoms with Crippen molar-refractivity contribution in [2.75, 3.05) is 0 Å². The molecule has 0 aliphatic heterocycles. The average molecular weight is 326 g/mol. The van der Waals surface area contributed by atoms with Gasteiger partial charge in [-0.05, 0) is 32.6 Å². The molecule has 2 rings (SSSR count). The molecule has 1 heterocycles. The third-order valence-electron chi connectivity index (χ3n) is 4.66. The summed E-state index contributed by atoms with van der Waals surface area (Å²) in [7, 11) is 0. The highest BCUT2D eigenvalue weighted by Gasteiger charge is 2.45. The second-order valence-corrected chi connectivity index (χ2v) is 6.76. The predicted octanol–water partition coefficient (Wildman–Crippen LogP) is 2.42. The van der Waals surface area contributed by atoms with Gasteiger partial charge in [-0.1, -0.05) is 18.5 Å². The van der Waals surface area contributed by atoms with Crippen molar-refractivity contribution in [3.63, 3.8) is 0 Å². The van der Waals surface area contributed by atoms with Gasteiger partial charge in [-0.2, -0.15) is 0 Å². The number of carboxylic acid groups (broad SMARTS) is 1. The molecule has 1 aromatic rings. The normalized spacial score (nSPS) is 28.1. The van der Waals surface area contributed by atoms with Gasteiger partial charge in [0, 0.05) is 17.8 Å². The van der Waals surface area contributed by atoms with Crippen LogP contribution in [0.15, 0.2) is 12.4 Å². The molecule has 0 bridgehead atoms. The minimum Gasteiger partial charge on any atom is -0.481 e. The van der Waals surface area contributed by atoms with E-state index < -0.39 is 16.8 Å². The van der Waals surface area contributed by atoms with Gasteiger partial charge in [0.1, 0.15) is 0 Å². The van der Waals surface area contributed by atoms with Crippen molar-refractivity contribution in [2.45, 2.75) is 46.1 Å². The van der Waals surface area contributed by atoms with E-state index in [4.69, 9.17) is 11.6 Å². The summed E-state index contributed by atoms with van der Waals surface area (Å²) in [6, 6.07) is 0. The molecule has 22 heavy (non-hydrogen) atoms. The van der Waals surface area contributed by atoms with E-state index in [-0.39, 0.29) is 17.6 Å². The van der Waals surface area contributed by atoms with E-state index in [0.717, 1.165) is 0 Å². The van der Waals surface area contributed by atoms with E-state index in [1.165, 1.54) is 12.4 Å². The Morgan fingerprint density at radius 2 is 1.73 bits per heavy atom. The first-order chi connectivity index (χ1) is 10.3. The molecule has 1 fully saturated rings. The van der Waals surface area contributed by atoms with Crippen LogP contribution in [-0.4, -0.2) is 27.0 Å². The number of carbonyl (C=O) groups is 2. The SMILES string of the molecule is CC1(C(=O)O)CCC(C)(C(=O)NCc2nccnc2Cl)CC1. The van der Waals surface area contributed by atoms with Gasteiger partial charge in [-0.3, -0.25) is 14.6 Å². The van der Waals surface area contributed by atoms with Gasteiger partial charge in [-0.25, -0.2) is 4.98 Å².